The number of rotatable bonds is 3. The van der Waals surface area contributed by atoms with Gasteiger partial charge in [-0.2, -0.15) is 0 Å². The van der Waals surface area contributed by atoms with Gasteiger partial charge in [0.25, 0.3) is 0 Å². The van der Waals surface area contributed by atoms with E-state index in [0.717, 1.165) is 16.9 Å². The van der Waals surface area contributed by atoms with E-state index in [-0.39, 0.29) is 6.04 Å². The van der Waals surface area contributed by atoms with Crippen LogP contribution in [0, 0.1) is 6.92 Å². The minimum atomic E-state index is -0.539. The highest BCUT2D eigenvalue weighted by Gasteiger charge is 2.12. The summed E-state index contributed by atoms with van der Waals surface area (Å²) in [5, 5.41) is 9.34. The normalized spacial score (nSPS) is 14.9. The molecule has 0 fully saturated rings. The summed E-state index contributed by atoms with van der Waals surface area (Å²) >= 11 is 0. The second-order valence-corrected chi connectivity index (χ2v) is 3.50. The lowest BCUT2D eigenvalue weighted by Crippen LogP contribution is -2.23. The molecular weight excluding hydrogens is 178 g/mol. The minimum Gasteiger partial charge on any atom is -0.496 e. The van der Waals surface area contributed by atoms with Gasteiger partial charge in [-0.3, -0.25) is 0 Å². The molecule has 1 aromatic carbocycles. The summed E-state index contributed by atoms with van der Waals surface area (Å²) in [5.41, 5.74) is 7.77. The van der Waals surface area contributed by atoms with Gasteiger partial charge < -0.3 is 15.6 Å². The van der Waals surface area contributed by atoms with Crippen LogP contribution in [-0.2, 0) is 0 Å². The summed E-state index contributed by atoms with van der Waals surface area (Å²) in [6, 6.07) is 5.35. The molecule has 0 aliphatic heterocycles. The van der Waals surface area contributed by atoms with E-state index in [1.165, 1.54) is 0 Å². The summed E-state index contributed by atoms with van der Waals surface area (Å²) in [4.78, 5) is 0. The van der Waals surface area contributed by atoms with Gasteiger partial charge in [-0.1, -0.05) is 12.1 Å². The standard InChI is InChI=1S/C11H17NO2/c1-7-6-9(11(12)8(2)13)4-5-10(7)14-3/h4-6,8,11,13H,12H2,1-3H3/t8?,11-/m1/s1. The van der Waals surface area contributed by atoms with Crippen molar-refractivity contribution >= 4 is 0 Å². The van der Waals surface area contributed by atoms with E-state index in [2.05, 4.69) is 0 Å². The van der Waals surface area contributed by atoms with Crippen molar-refractivity contribution in [1.29, 1.82) is 0 Å². The van der Waals surface area contributed by atoms with Crippen LogP contribution in [0.1, 0.15) is 24.1 Å². The van der Waals surface area contributed by atoms with Crippen LogP contribution < -0.4 is 10.5 Å². The fourth-order valence-corrected chi connectivity index (χ4v) is 1.39. The number of nitrogens with two attached hydrogens (primary N) is 1. The first-order valence-corrected chi connectivity index (χ1v) is 4.64. The molecule has 1 rings (SSSR count). The first kappa shape index (κ1) is 11.0. The predicted octanol–water partition coefficient (Wildman–Crippen LogP) is 1.38. The Hall–Kier alpha value is -1.06. The smallest absolute Gasteiger partial charge is 0.121 e. The fraction of sp³-hybridized carbons (Fsp3) is 0.455. The highest BCUT2D eigenvalue weighted by molar-refractivity contribution is 5.37. The maximum Gasteiger partial charge on any atom is 0.121 e. The van der Waals surface area contributed by atoms with Crippen molar-refractivity contribution in [2.75, 3.05) is 7.11 Å². The Morgan fingerprint density at radius 3 is 2.50 bits per heavy atom. The van der Waals surface area contributed by atoms with Gasteiger partial charge in [0.05, 0.1) is 19.3 Å². The third kappa shape index (κ3) is 2.25. The van der Waals surface area contributed by atoms with Crippen molar-refractivity contribution in [3.05, 3.63) is 29.3 Å². The van der Waals surface area contributed by atoms with Crippen LogP contribution >= 0.6 is 0 Å². The molecule has 78 valence electrons. The summed E-state index contributed by atoms with van der Waals surface area (Å²) in [6.45, 7) is 3.64. The molecule has 1 aromatic rings. The predicted molar refractivity (Wildman–Crippen MR) is 56.3 cm³/mol. The monoisotopic (exact) mass is 195 g/mol. The van der Waals surface area contributed by atoms with Gasteiger partial charge in [-0.15, -0.1) is 0 Å². The Kier molecular flexibility index (Phi) is 3.49. The molecule has 0 aliphatic carbocycles. The summed E-state index contributed by atoms with van der Waals surface area (Å²) < 4.78 is 5.14. The zero-order valence-corrected chi connectivity index (χ0v) is 8.82. The Labute approximate surface area is 84.5 Å². The maximum absolute atomic E-state index is 9.34. The Balaban J connectivity index is 2.96. The number of benzene rings is 1. The van der Waals surface area contributed by atoms with Gasteiger partial charge >= 0.3 is 0 Å². The van der Waals surface area contributed by atoms with Gasteiger partial charge in [0.15, 0.2) is 0 Å². The number of aryl methyl sites for hydroxylation is 1. The average molecular weight is 195 g/mol. The fourth-order valence-electron chi connectivity index (χ4n) is 1.39. The molecule has 1 unspecified atom stereocenters. The summed E-state index contributed by atoms with van der Waals surface area (Å²) in [5.74, 6) is 0.839. The van der Waals surface area contributed by atoms with Crippen LogP contribution in [0.2, 0.25) is 0 Å². The van der Waals surface area contributed by atoms with E-state index in [9.17, 15) is 5.11 Å². The van der Waals surface area contributed by atoms with Gasteiger partial charge in [-0.05, 0) is 31.0 Å². The van der Waals surface area contributed by atoms with Crippen molar-refractivity contribution in [1.82, 2.24) is 0 Å². The number of ether oxygens (including phenoxy) is 1. The van der Waals surface area contributed by atoms with Gasteiger partial charge in [0.2, 0.25) is 0 Å². The lowest BCUT2D eigenvalue weighted by Gasteiger charge is -2.16. The molecule has 2 atom stereocenters. The van der Waals surface area contributed by atoms with E-state index < -0.39 is 6.10 Å². The van der Waals surface area contributed by atoms with Gasteiger partial charge in [0.1, 0.15) is 5.75 Å². The van der Waals surface area contributed by atoms with Crippen LogP contribution in [0.15, 0.2) is 18.2 Å². The van der Waals surface area contributed by atoms with Crippen LogP contribution in [-0.4, -0.2) is 18.3 Å². The van der Waals surface area contributed by atoms with Crippen LogP contribution in [0.5, 0.6) is 5.75 Å². The SMILES string of the molecule is COc1ccc([C@H](N)C(C)O)cc1C. The first-order valence-electron chi connectivity index (χ1n) is 4.64. The zero-order chi connectivity index (χ0) is 10.7. The number of hydrogen-bond acceptors (Lipinski definition) is 3. The molecule has 0 heterocycles. The second kappa shape index (κ2) is 4.44. The lowest BCUT2D eigenvalue weighted by molar-refractivity contribution is 0.164. The molecule has 0 aliphatic rings. The third-order valence-corrected chi connectivity index (χ3v) is 2.32. The van der Waals surface area contributed by atoms with E-state index in [0.29, 0.717) is 0 Å². The van der Waals surface area contributed by atoms with Crippen molar-refractivity contribution in [3.63, 3.8) is 0 Å². The number of methoxy groups -OCH3 is 1. The second-order valence-electron chi connectivity index (χ2n) is 3.50. The molecule has 3 nitrogen and oxygen atoms in total. The van der Waals surface area contributed by atoms with Crippen molar-refractivity contribution in [3.8, 4) is 5.75 Å². The molecule has 0 saturated heterocycles. The molecule has 14 heavy (non-hydrogen) atoms. The minimum absolute atomic E-state index is 0.334. The highest BCUT2D eigenvalue weighted by atomic mass is 16.5. The topological polar surface area (TPSA) is 55.5 Å². The van der Waals surface area contributed by atoms with Gasteiger partial charge in [0, 0.05) is 0 Å². The van der Waals surface area contributed by atoms with Crippen LogP contribution in [0.3, 0.4) is 0 Å². The Morgan fingerprint density at radius 2 is 2.07 bits per heavy atom. The molecule has 0 amide bonds. The van der Waals surface area contributed by atoms with E-state index in [4.69, 9.17) is 10.5 Å². The first-order chi connectivity index (χ1) is 6.56. The highest BCUT2D eigenvalue weighted by Crippen LogP contribution is 2.22. The van der Waals surface area contributed by atoms with E-state index in [1.54, 1.807) is 14.0 Å². The zero-order valence-electron chi connectivity index (χ0n) is 8.82. The largest absolute Gasteiger partial charge is 0.496 e. The number of aliphatic hydroxyl groups excluding tert-OH is 1. The third-order valence-electron chi connectivity index (χ3n) is 2.32. The van der Waals surface area contributed by atoms with Crippen LogP contribution in [0.4, 0.5) is 0 Å². The molecule has 3 N–H and O–H groups in total. The quantitative estimate of drug-likeness (QED) is 0.766. The Morgan fingerprint density at radius 1 is 1.43 bits per heavy atom. The van der Waals surface area contributed by atoms with Gasteiger partial charge in [-0.25, -0.2) is 0 Å². The molecule has 0 bridgehead atoms. The molecule has 3 heteroatoms. The average Bonchev–Trinajstić information content (AvgIpc) is 2.16. The number of aliphatic hydroxyl groups is 1. The van der Waals surface area contributed by atoms with E-state index >= 15 is 0 Å². The van der Waals surface area contributed by atoms with Crippen LogP contribution in [0.25, 0.3) is 0 Å². The molecule has 0 spiro atoms. The maximum atomic E-state index is 9.34. The van der Waals surface area contributed by atoms with Crippen molar-refractivity contribution in [2.24, 2.45) is 5.73 Å². The lowest BCUT2D eigenvalue weighted by atomic mass is 10.0. The number of hydrogen-bond donors (Lipinski definition) is 2. The molecule has 0 radical (unpaired) electrons. The summed E-state index contributed by atoms with van der Waals surface area (Å²) in [7, 11) is 1.64. The molecule has 0 aromatic heterocycles. The molecular formula is C11H17NO2. The van der Waals surface area contributed by atoms with E-state index in [1.807, 2.05) is 25.1 Å². The summed E-state index contributed by atoms with van der Waals surface area (Å²) in [6.07, 6.45) is -0.539. The molecule has 0 saturated carbocycles. The van der Waals surface area contributed by atoms with Crippen molar-refractivity contribution < 1.29 is 9.84 Å². The Bertz CT molecular complexity index is 310. The van der Waals surface area contributed by atoms with Crippen molar-refractivity contribution in [2.45, 2.75) is 26.0 Å².